The van der Waals surface area contributed by atoms with Gasteiger partial charge < -0.3 is 9.84 Å². The zero-order chi connectivity index (χ0) is 22.7. The highest BCUT2D eigenvalue weighted by atomic mass is 79.9. The molecule has 8 heteroatoms. The third-order valence-corrected chi connectivity index (χ3v) is 7.40. The van der Waals surface area contributed by atoms with E-state index >= 15 is 0 Å². The molecule has 0 amide bonds. The summed E-state index contributed by atoms with van der Waals surface area (Å²) in [6.07, 6.45) is 4.89. The molecule has 0 aromatic heterocycles. The molecule has 0 spiro atoms. The van der Waals surface area contributed by atoms with Crippen molar-refractivity contribution in [3.8, 4) is 5.75 Å². The van der Waals surface area contributed by atoms with Crippen LogP contribution < -0.4 is 0 Å². The van der Waals surface area contributed by atoms with E-state index in [-0.39, 0.29) is 10.6 Å². The van der Waals surface area contributed by atoms with Crippen molar-refractivity contribution >= 4 is 76.0 Å². The molecule has 4 nitrogen and oxygen atoms in total. The van der Waals surface area contributed by atoms with Crippen LogP contribution in [-0.2, 0) is 11.2 Å². The second kappa shape index (κ2) is 10.4. The molecule has 31 heavy (non-hydrogen) atoms. The Morgan fingerprint density at radius 2 is 1.84 bits per heavy atom. The van der Waals surface area contributed by atoms with Crippen molar-refractivity contribution in [1.29, 1.82) is 0 Å². The average molecular weight is 676 g/mol. The second-order valence-electron chi connectivity index (χ2n) is 6.85. The molecular weight excluding hydrogens is 660 g/mol. The van der Waals surface area contributed by atoms with E-state index in [1.807, 2.05) is 13.0 Å². The normalized spacial score (nSPS) is 17.5. The quantitative estimate of drug-likeness (QED) is 0.204. The fourth-order valence-electron chi connectivity index (χ4n) is 3.14. The number of phenols is 1. The number of hydrogen-bond acceptors (Lipinski definition) is 4. The Morgan fingerprint density at radius 3 is 2.45 bits per heavy atom. The first-order valence-corrected chi connectivity index (χ1v) is 12.4. The number of allylic oxidation sites excluding steroid dienone is 5. The number of alkyl halides is 1. The number of carbonyl (C=O) groups is 2. The largest absolute Gasteiger partial charge is 0.508 e. The lowest BCUT2D eigenvalue weighted by Crippen LogP contribution is -2.13. The topological polar surface area (TPSA) is 63.6 Å². The van der Waals surface area contributed by atoms with Crippen LogP contribution in [0.3, 0.4) is 0 Å². The van der Waals surface area contributed by atoms with Crippen molar-refractivity contribution < 1.29 is 19.4 Å². The van der Waals surface area contributed by atoms with Gasteiger partial charge in [0.25, 0.3) is 0 Å². The van der Waals surface area contributed by atoms with Crippen LogP contribution in [0.15, 0.2) is 78.9 Å². The molecule has 1 unspecified atom stereocenters. The lowest BCUT2D eigenvalue weighted by Gasteiger charge is -2.21. The maximum atomic E-state index is 12.5. The molecule has 2 aromatic carbocycles. The third-order valence-electron chi connectivity index (χ3n) is 4.61. The molecule has 2 aromatic rings. The summed E-state index contributed by atoms with van der Waals surface area (Å²) in [4.78, 5) is 23.2. The number of phenolic OH excluding ortho intramolecular Hbond substituents is 1. The molecule has 0 saturated carbocycles. The van der Waals surface area contributed by atoms with Crippen LogP contribution in [-0.4, -0.2) is 22.2 Å². The van der Waals surface area contributed by atoms with Gasteiger partial charge in [0.05, 0.1) is 10.4 Å². The van der Waals surface area contributed by atoms with Crippen molar-refractivity contribution in [1.82, 2.24) is 0 Å². The molecule has 3 rings (SSSR count). The molecule has 0 aliphatic heterocycles. The maximum Gasteiger partial charge on any atom is 0.343 e. The van der Waals surface area contributed by atoms with Crippen molar-refractivity contribution in [2.75, 3.05) is 0 Å². The van der Waals surface area contributed by atoms with Gasteiger partial charge in [0.2, 0.25) is 0 Å². The van der Waals surface area contributed by atoms with Crippen LogP contribution in [0.2, 0.25) is 0 Å². The van der Waals surface area contributed by atoms with E-state index in [4.69, 9.17) is 4.74 Å². The van der Waals surface area contributed by atoms with E-state index < -0.39 is 5.97 Å². The number of aldehydes is 1. The lowest BCUT2D eigenvalue weighted by atomic mass is 9.96. The van der Waals surface area contributed by atoms with Crippen LogP contribution in [0.1, 0.15) is 33.2 Å². The van der Waals surface area contributed by atoms with Gasteiger partial charge in [-0.3, -0.25) is 4.79 Å². The Morgan fingerprint density at radius 1 is 1.16 bits per heavy atom. The van der Waals surface area contributed by atoms with Crippen molar-refractivity contribution in [3.05, 3.63) is 95.6 Å². The van der Waals surface area contributed by atoms with Gasteiger partial charge in [-0.15, -0.1) is 0 Å². The van der Waals surface area contributed by atoms with E-state index in [1.54, 1.807) is 36.4 Å². The smallest absolute Gasteiger partial charge is 0.343 e. The van der Waals surface area contributed by atoms with Crippen LogP contribution in [0.25, 0.3) is 0 Å². The van der Waals surface area contributed by atoms with Crippen molar-refractivity contribution in [2.45, 2.75) is 18.2 Å². The highest BCUT2D eigenvalue weighted by Crippen LogP contribution is 2.38. The predicted octanol–water partition coefficient (Wildman–Crippen LogP) is 7.39. The van der Waals surface area contributed by atoms with Gasteiger partial charge in [0, 0.05) is 19.0 Å². The number of ether oxygens (including phenoxy) is 1. The van der Waals surface area contributed by atoms with Crippen LogP contribution in [0.5, 0.6) is 5.75 Å². The summed E-state index contributed by atoms with van der Waals surface area (Å²) >= 11 is 14.3. The summed E-state index contributed by atoms with van der Waals surface area (Å²) < 4.78 is 7.93. The van der Waals surface area contributed by atoms with E-state index in [0.29, 0.717) is 29.6 Å². The minimum atomic E-state index is -0.535. The van der Waals surface area contributed by atoms with E-state index in [1.165, 1.54) is 6.07 Å². The molecule has 0 radical (unpaired) electrons. The van der Waals surface area contributed by atoms with Gasteiger partial charge >= 0.3 is 5.97 Å². The molecular formula is C23H16Br4O4. The number of carbonyl (C=O) groups excluding carboxylic acids is 2. The number of halogens is 4. The molecule has 0 bridgehead atoms. The SMILES string of the molecule is CC(Cc1c(Br)cc(O)cc1Br)=C1C(Br)=CC(OC(=O)c2cccc(C=O)c2)=CC1Br. The van der Waals surface area contributed by atoms with Crippen LogP contribution >= 0.6 is 63.7 Å². The van der Waals surface area contributed by atoms with E-state index in [9.17, 15) is 14.7 Å². The minimum Gasteiger partial charge on any atom is -0.508 e. The van der Waals surface area contributed by atoms with Gasteiger partial charge in [0.15, 0.2) is 0 Å². The summed E-state index contributed by atoms with van der Waals surface area (Å²) in [7, 11) is 0. The Bertz CT molecular complexity index is 1130. The van der Waals surface area contributed by atoms with E-state index in [0.717, 1.165) is 30.1 Å². The van der Waals surface area contributed by atoms with Gasteiger partial charge in [-0.2, -0.15) is 0 Å². The molecule has 160 valence electrons. The highest BCUT2D eigenvalue weighted by Gasteiger charge is 2.23. The summed E-state index contributed by atoms with van der Waals surface area (Å²) in [6.45, 7) is 2.03. The second-order valence-corrected chi connectivity index (χ2v) is 10.4. The van der Waals surface area contributed by atoms with Gasteiger partial charge in [0.1, 0.15) is 17.8 Å². The molecule has 1 aliphatic carbocycles. The summed E-state index contributed by atoms with van der Waals surface area (Å²) in [5, 5.41) is 9.74. The Hall–Kier alpha value is -1.48. The first kappa shape index (κ1) is 24.2. The minimum absolute atomic E-state index is 0.175. The molecule has 1 N–H and O–H groups in total. The number of hydrogen-bond donors (Lipinski definition) is 1. The summed E-state index contributed by atoms with van der Waals surface area (Å²) in [6, 6.07) is 9.68. The van der Waals surface area contributed by atoms with E-state index in [2.05, 4.69) is 63.7 Å². The van der Waals surface area contributed by atoms with Gasteiger partial charge in [-0.05, 0) is 60.9 Å². The number of rotatable bonds is 5. The number of esters is 1. The Labute approximate surface area is 213 Å². The Kier molecular flexibility index (Phi) is 8.13. The third kappa shape index (κ3) is 5.86. The number of benzene rings is 2. The molecule has 0 heterocycles. The zero-order valence-electron chi connectivity index (χ0n) is 16.2. The number of aromatic hydroxyl groups is 1. The standard InChI is InChI=1S/C23H16Br4O4/c1-12(5-17-18(24)7-15(29)8-19(17)25)22-20(26)9-16(10-21(22)27)31-23(30)14-4-2-3-13(6-14)11-28/h2-4,6-11,20,29H,5H2,1H3. The lowest BCUT2D eigenvalue weighted by molar-refractivity contribution is 0.0636. The maximum absolute atomic E-state index is 12.5. The predicted molar refractivity (Wildman–Crippen MR) is 135 cm³/mol. The molecule has 0 fully saturated rings. The zero-order valence-corrected chi connectivity index (χ0v) is 22.5. The van der Waals surface area contributed by atoms with Crippen LogP contribution in [0, 0.1) is 0 Å². The van der Waals surface area contributed by atoms with Gasteiger partial charge in [-0.25, -0.2) is 4.79 Å². The van der Waals surface area contributed by atoms with Crippen molar-refractivity contribution in [2.24, 2.45) is 0 Å². The summed E-state index contributed by atoms with van der Waals surface area (Å²) in [5.41, 5.74) is 3.85. The average Bonchev–Trinajstić information content (AvgIpc) is 2.70. The molecule has 1 aliphatic rings. The monoisotopic (exact) mass is 672 g/mol. The summed E-state index contributed by atoms with van der Waals surface area (Å²) in [5.74, 6) is 0.0455. The highest BCUT2D eigenvalue weighted by molar-refractivity contribution is 9.12. The molecule has 1 atom stereocenters. The first-order chi connectivity index (χ1) is 14.7. The Balaban J connectivity index is 1.82. The first-order valence-electron chi connectivity index (χ1n) is 9.07. The fraction of sp³-hybridized carbons (Fsp3) is 0.130. The van der Waals surface area contributed by atoms with Crippen LogP contribution in [0.4, 0.5) is 0 Å². The van der Waals surface area contributed by atoms with Gasteiger partial charge in [-0.1, -0.05) is 81.4 Å². The van der Waals surface area contributed by atoms with Crippen molar-refractivity contribution in [3.63, 3.8) is 0 Å². The molecule has 0 saturated heterocycles. The fourth-order valence-corrected chi connectivity index (χ4v) is 6.60.